The van der Waals surface area contributed by atoms with Gasteiger partial charge in [0, 0.05) is 78.7 Å². The van der Waals surface area contributed by atoms with Crippen LogP contribution < -0.4 is 15.1 Å². The highest BCUT2D eigenvalue weighted by atomic mass is 79.9. The third-order valence-corrected chi connectivity index (χ3v) is 22.3. The Kier molecular flexibility index (Phi) is 29.3. The van der Waals surface area contributed by atoms with Gasteiger partial charge in [-0.3, -0.25) is 33.8 Å². The summed E-state index contributed by atoms with van der Waals surface area (Å²) >= 11 is 8.23. The molecule has 19 nitrogen and oxygen atoms in total. The Balaban J connectivity index is 0.000000220. The highest BCUT2D eigenvalue weighted by Gasteiger charge is 2.45. The molecule has 24 heteroatoms. The molecule has 0 aromatic carbocycles. The van der Waals surface area contributed by atoms with Gasteiger partial charge in [0.1, 0.15) is 37.6 Å². The molecule has 2 N–H and O–H groups in total. The number of carboxylic acids is 1. The van der Waals surface area contributed by atoms with Crippen molar-refractivity contribution in [3.05, 3.63) is 67.8 Å². The van der Waals surface area contributed by atoms with Gasteiger partial charge in [0.15, 0.2) is 0 Å². The highest BCUT2D eigenvalue weighted by Crippen LogP contribution is 2.41. The highest BCUT2D eigenvalue weighted by molar-refractivity contribution is 9.10. The summed E-state index contributed by atoms with van der Waals surface area (Å²) in [5.41, 5.74) is 0.800. The van der Waals surface area contributed by atoms with Crippen LogP contribution in [-0.4, -0.2) is 153 Å². The molecule has 4 aromatic heterocycles. The van der Waals surface area contributed by atoms with Crippen molar-refractivity contribution in [2.45, 2.75) is 186 Å². The first kappa shape index (κ1) is 83.5. The van der Waals surface area contributed by atoms with Gasteiger partial charge in [0.2, 0.25) is 29.5 Å². The predicted molar refractivity (Wildman–Crippen MR) is 410 cm³/mol. The minimum absolute atomic E-state index is 0.0364. The third-order valence-electron chi connectivity index (χ3n) is 17.3. The summed E-state index contributed by atoms with van der Waals surface area (Å²) in [7, 11) is 9.30. The molecule has 9 rings (SSSR count). The van der Waals surface area contributed by atoms with E-state index in [4.69, 9.17) is 9.47 Å². The summed E-state index contributed by atoms with van der Waals surface area (Å²) in [6.45, 7) is 30.5. The van der Waals surface area contributed by atoms with E-state index in [1.165, 1.54) is 60.2 Å². The average Bonchev–Trinajstić information content (AvgIpc) is 1.61. The fraction of sp³-hybridized carbons (Fsp3) is 0.577. The normalized spacial score (nSPS) is 20.3. The minimum atomic E-state index is -1.10. The number of anilines is 3. The zero-order valence-corrected chi connectivity index (χ0v) is 67.7. The number of likely N-dealkylation sites (N-methyl/N-ethyl adjacent to an activating group) is 3. The lowest BCUT2D eigenvalue weighted by molar-refractivity contribution is -0.131. The molecule has 552 valence electrons. The van der Waals surface area contributed by atoms with Crippen LogP contribution >= 0.6 is 61.3 Å². The van der Waals surface area contributed by atoms with E-state index in [0.29, 0.717) is 85.8 Å². The van der Waals surface area contributed by atoms with E-state index in [2.05, 4.69) is 87.2 Å². The van der Waals surface area contributed by atoms with Gasteiger partial charge in [-0.05, 0) is 206 Å². The number of thiophene rings is 4. The fourth-order valence-corrected chi connectivity index (χ4v) is 15.9. The number of hydrogen-bond donors (Lipinski definition) is 2. The second kappa shape index (κ2) is 35.8. The van der Waals surface area contributed by atoms with Crippen LogP contribution in [0.2, 0.25) is 0 Å². The van der Waals surface area contributed by atoms with Crippen molar-refractivity contribution in [2.24, 2.45) is 45.3 Å². The van der Waals surface area contributed by atoms with Crippen molar-refractivity contribution in [1.82, 2.24) is 14.7 Å². The zero-order chi connectivity index (χ0) is 76.1. The van der Waals surface area contributed by atoms with Gasteiger partial charge < -0.3 is 39.3 Å². The predicted octanol–water partition coefficient (Wildman–Crippen LogP) is 14.8. The van der Waals surface area contributed by atoms with Crippen LogP contribution in [0, 0.1) is 92.7 Å². The molecule has 0 bridgehead atoms. The molecule has 3 atom stereocenters. The maximum Gasteiger partial charge on any atom is 0.350 e. The smallest absolute Gasteiger partial charge is 0.350 e. The number of halogens is 1. The summed E-state index contributed by atoms with van der Waals surface area (Å²) < 4.78 is 15.3. The monoisotopic (exact) mass is 1540 g/mol. The van der Waals surface area contributed by atoms with Gasteiger partial charge in [-0.1, -0.05) is 61.2 Å². The third kappa shape index (κ3) is 23.5. The van der Waals surface area contributed by atoms with E-state index in [9.17, 15) is 48.3 Å². The molecular formula is C78H101BrN6O13S4. The zero-order valence-electron chi connectivity index (χ0n) is 62.8. The first-order chi connectivity index (χ1) is 47.5. The number of rotatable bonds is 12. The number of esters is 3. The lowest BCUT2D eigenvalue weighted by Crippen LogP contribution is -2.48. The molecule has 2 aliphatic carbocycles. The van der Waals surface area contributed by atoms with Crippen LogP contribution in [0.4, 0.5) is 17.1 Å². The SMILES string of the molecule is CC1CCC(C(=O)N(c2cc(C#CC(C)(C)C)sc2C(=O)O)[C@H]2CCN(C)C2=O)CC1.COC(=O)c1sc(C#CC(C)(C)C)cc1Br.COC(=O)c1sc(C#CC(C)(C)C)cc1N(C(=O)C1CCC(C)CC1)[C@H]1CCN(C)C1=O.COC(=O)c1sc(C#CC(C)(C)C)cc1N[C@H]1CCN(C)C1=O. The molecule has 5 fully saturated rings. The van der Waals surface area contributed by atoms with E-state index in [1.54, 1.807) is 52.9 Å². The van der Waals surface area contributed by atoms with Crippen molar-refractivity contribution in [3.8, 4) is 47.4 Å². The summed E-state index contributed by atoms with van der Waals surface area (Å²) in [6, 6.07) is 5.56. The molecule has 0 spiro atoms. The maximum absolute atomic E-state index is 13.8. The van der Waals surface area contributed by atoms with Gasteiger partial charge in [-0.15, -0.1) is 45.3 Å². The van der Waals surface area contributed by atoms with E-state index in [0.717, 1.165) is 83.4 Å². The van der Waals surface area contributed by atoms with Gasteiger partial charge in [-0.25, -0.2) is 19.2 Å². The molecule has 3 aliphatic heterocycles. The van der Waals surface area contributed by atoms with Gasteiger partial charge in [0.25, 0.3) is 0 Å². The Labute approximate surface area is 628 Å². The Hall–Kier alpha value is -7.45. The molecular weight excluding hydrogens is 1440 g/mol. The van der Waals surface area contributed by atoms with E-state index < -0.39 is 30.0 Å². The number of nitrogens with one attached hydrogen (secondary N) is 1. The minimum Gasteiger partial charge on any atom is -0.477 e. The van der Waals surface area contributed by atoms with Gasteiger partial charge >= 0.3 is 23.9 Å². The van der Waals surface area contributed by atoms with Crippen molar-refractivity contribution in [1.29, 1.82) is 0 Å². The molecule has 5 aliphatic rings. The lowest BCUT2D eigenvalue weighted by atomic mass is 9.82. The maximum atomic E-state index is 13.8. The van der Waals surface area contributed by atoms with Crippen molar-refractivity contribution in [2.75, 3.05) is 77.2 Å². The first-order valence-corrected chi connectivity index (χ1v) is 38.6. The lowest BCUT2D eigenvalue weighted by Gasteiger charge is -2.33. The quantitative estimate of drug-likeness (QED) is 0.0764. The number of carbonyl (C=O) groups is 9. The van der Waals surface area contributed by atoms with Gasteiger partial charge in [0.05, 0.1) is 57.9 Å². The van der Waals surface area contributed by atoms with Crippen LogP contribution in [0.25, 0.3) is 0 Å². The molecule has 7 heterocycles. The number of methoxy groups -OCH3 is 3. The van der Waals surface area contributed by atoms with Crippen molar-refractivity contribution >= 4 is 132 Å². The van der Waals surface area contributed by atoms with E-state index >= 15 is 0 Å². The van der Waals surface area contributed by atoms with E-state index in [-0.39, 0.29) is 79.9 Å². The topological polar surface area (TPSA) is 230 Å². The molecule has 5 amide bonds. The molecule has 2 saturated carbocycles. The van der Waals surface area contributed by atoms with Crippen molar-refractivity contribution < 1.29 is 62.5 Å². The molecule has 102 heavy (non-hydrogen) atoms. The van der Waals surface area contributed by atoms with Crippen LogP contribution in [0.5, 0.6) is 0 Å². The number of carbonyl (C=O) groups excluding carboxylic acids is 8. The van der Waals surface area contributed by atoms with E-state index in [1.807, 2.05) is 95.2 Å². The molecule has 4 aromatic rings. The molecule has 0 unspecified atom stereocenters. The number of carboxylic acid groups (broad SMARTS) is 1. The number of aromatic carboxylic acids is 1. The van der Waals surface area contributed by atoms with Gasteiger partial charge in [-0.2, -0.15) is 0 Å². The number of amides is 5. The van der Waals surface area contributed by atoms with Crippen LogP contribution in [-0.2, 0) is 38.2 Å². The van der Waals surface area contributed by atoms with Crippen LogP contribution in [0.15, 0.2) is 28.7 Å². The second-order valence-electron chi connectivity index (χ2n) is 30.8. The number of hydrogen-bond acceptors (Lipinski definition) is 17. The average molecular weight is 1540 g/mol. The Morgan fingerprint density at radius 1 is 0.471 bits per heavy atom. The Morgan fingerprint density at radius 3 is 1.15 bits per heavy atom. The Bertz CT molecular complexity index is 4010. The van der Waals surface area contributed by atoms with Crippen LogP contribution in [0.1, 0.15) is 226 Å². The summed E-state index contributed by atoms with van der Waals surface area (Å²) in [4.78, 5) is 126. The summed E-state index contributed by atoms with van der Waals surface area (Å²) in [5.74, 6) is 23.1. The molecule has 3 saturated heterocycles. The standard InChI is InChI=1S/C25H34N2O4S.C24H32N2O4S.C17H22N2O3S.C12H13BrO2S/c1-16-7-9-17(10-8-16)22(28)27(19-12-14-26(5)23(19)29)20-15-18(11-13-25(2,3)4)32-21(20)24(30)31-6;1-15-6-8-16(9-7-15)21(27)26(18-11-13-25(5)22(18)28)19-14-17(10-12-24(2,3)4)31-20(19)23(29)30;1-17(2,3)8-6-11-10-13(14(23-11)16(21)22-5)18-12-7-9-19(4)15(12)20;1-12(2,3)6-5-8-7-9(13)10(16-8)11(14)15-4/h15-17,19H,7-10,12,14H2,1-6H3;14-16,18H,6-9,11,13H2,1-5H3,(H,29,30);10,12,18H,7,9H2,1-5H3;7H,1-4H3/t16?,17?,19-;15?,16?,18-;12-;/m000./s1. The summed E-state index contributed by atoms with van der Waals surface area (Å²) in [6.07, 6.45) is 8.87. The number of ether oxygens (including phenoxy) is 3. The number of nitrogens with zero attached hydrogens (tertiary/aromatic N) is 5. The Morgan fingerprint density at radius 2 is 0.794 bits per heavy atom. The molecule has 0 radical (unpaired) electrons. The largest absolute Gasteiger partial charge is 0.477 e. The van der Waals surface area contributed by atoms with Crippen molar-refractivity contribution in [3.63, 3.8) is 0 Å². The fourth-order valence-electron chi connectivity index (χ4n) is 11.6. The summed E-state index contributed by atoms with van der Waals surface area (Å²) in [5, 5.41) is 13.0. The number of likely N-dealkylation sites (tertiary alicyclic amines) is 3. The van der Waals surface area contributed by atoms with Crippen LogP contribution in [0.3, 0.4) is 0 Å². The second-order valence-corrected chi connectivity index (χ2v) is 35.8. The first-order valence-electron chi connectivity index (χ1n) is 34.5.